The molecule has 0 aromatic heterocycles. The maximum absolute atomic E-state index is 14.8. The van der Waals surface area contributed by atoms with E-state index < -0.39 is 39.4 Å². The van der Waals surface area contributed by atoms with Gasteiger partial charge in [-0.1, -0.05) is 0 Å². The zero-order chi connectivity index (χ0) is 19.3. The Bertz CT molecular complexity index is 874. The lowest BCUT2D eigenvalue weighted by atomic mass is 10.1. The number of halogens is 1. The summed E-state index contributed by atoms with van der Waals surface area (Å²) in [5.74, 6) is 1.68. The van der Waals surface area contributed by atoms with Crippen LogP contribution in [0.25, 0.3) is 0 Å². The maximum Gasteiger partial charge on any atom is 0.415 e. The highest BCUT2D eigenvalue weighted by Gasteiger charge is 2.51. The number of carbonyl (C=O) groups is 1. The minimum atomic E-state index is -4.41. The highest BCUT2D eigenvalue weighted by Crippen LogP contribution is 2.43. The molecule has 0 radical (unpaired) electrons. The van der Waals surface area contributed by atoms with Gasteiger partial charge < -0.3 is 14.4 Å². The first-order chi connectivity index (χ1) is 12.8. The van der Waals surface area contributed by atoms with Crippen LogP contribution < -0.4 is 14.5 Å². The van der Waals surface area contributed by atoms with Crippen molar-refractivity contribution in [3.05, 3.63) is 17.9 Å². The molecule has 0 bridgehead atoms. The summed E-state index contributed by atoms with van der Waals surface area (Å²) in [5, 5.41) is -1.32. The topological polar surface area (TPSA) is 96.4 Å². The SMILES string of the molecule is CC([C@H]1OC(=O)N2c3cc(F)c(N4CCSCC4)cc3OC[C@H]12)S(=O)(=O)O. The van der Waals surface area contributed by atoms with Gasteiger partial charge in [0.15, 0.2) is 0 Å². The van der Waals surface area contributed by atoms with E-state index in [1.54, 1.807) is 6.07 Å². The van der Waals surface area contributed by atoms with Crippen molar-refractivity contribution in [1.82, 2.24) is 0 Å². The van der Waals surface area contributed by atoms with E-state index >= 15 is 0 Å². The minimum Gasteiger partial charge on any atom is -0.489 e. The molecule has 3 aliphatic heterocycles. The summed E-state index contributed by atoms with van der Waals surface area (Å²) in [7, 11) is -4.41. The van der Waals surface area contributed by atoms with Gasteiger partial charge in [-0.15, -0.1) is 0 Å². The van der Waals surface area contributed by atoms with Crippen molar-refractivity contribution < 1.29 is 31.6 Å². The van der Waals surface area contributed by atoms with Gasteiger partial charge in [-0.05, 0) is 6.92 Å². The van der Waals surface area contributed by atoms with Crippen molar-refractivity contribution in [2.45, 2.75) is 24.3 Å². The second-order valence-corrected chi connectivity index (χ2v) is 9.69. The number of benzene rings is 1. The molecular formula is C16H19FN2O6S2. The summed E-state index contributed by atoms with van der Waals surface area (Å²) in [6.07, 6.45) is -1.89. The number of nitrogens with zero attached hydrogens (tertiary/aromatic N) is 2. The molecule has 0 aliphatic carbocycles. The van der Waals surface area contributed by atoms with Crippen LogP contribution in [0.15, 0.2) is 12.1 Å². The molecular weight excluding hydrogens is 399 g/mol. The van der Waals surface area contributed by atoms with Crippen molar-refractivity contribution in [3.8, 4) is 5.75 Å². The third-order valence-electron chi connectivity index (χ3n) is 5.13. The first-order valence-electron chi connectivity index (χ1n) is 8.52. The summed E-state index contributed by atoms with van der Waals surface area (Å²) >= 11 is 1.81. The molecule has 1 aromatic rings. The van der Waals surface area contributed by atoms with E-state index in [1.165, 1.54) is 17.9 Å². The molecule has 3 atom stereocenters. The number of rotatable bonds is 3. The zero-order valence-corrected chi connectivity index (χ0v) is 16.1. The normalized spacial score (nSPS) is 26.1. The first kappa shape index (κ1) is 18.6. The van der Waals surface area contributed by atoms with Crippen LogP contribution in [-0.2, 0) is 14.9 Å². The molecule has 148 valence electrons. The number of cyclic esters (lactones) is 1. The standard InChI is InChI=1S/C16H19FN2O6S2/c1-9(27(21,22)23)15-13-8-24-14-7-11(18-2-4-26-5-3-18)10(17)6-12(14)19(13)16(20)25-15/h6-7,9,13,15H,2-5,8H2,1H3,(H,21,22,23)/t9?,13-,15-/m1/s1. The molecule has 1 unspecified atom stereocenters. The quantitative estimate of drug-likeness (QED) is 0.742. The minimum absolute atomic E-state index is 0.00973. The van der Waals surface area contributed by atoms with E-state index in [9.17, 15) is 22.2 Å². The van der Waals surface area contributed by atoms with Gasteiger partial charge in [-0.25, -0.2) is 9.18 Å². The molecule has 8 nitrogen and oxygen atoms in total. The summed E-state index contributed by atoms with van der Waals surface area (Å²) in [5.41, 5.74) is 0.622. The molecule has 2 saturated heterocycles. The fourth-order valence-electron chi connectivity index (χ4n) is 3.62. The third kappa shape index (κ3) is 3.21. The number of ether oxygens (including phenoxy) is 2. The molecule has 3 aliphatic rings. The molecule has 4 rings (SSSR count). The van der Waals surface area contributed by atoms with E-state index in [0.29, 0.717) is 11.4 Å². The van der Waals surface area contributed by atoms with Gasteiger partial charge in [-0.2, -0.15) is 20.2 Å². The average Bonchev–Trinajstić information content (AvgIpc) is 2.97. The fraction of sp³-hybridized carbons (Fsp3) is 0.562. The van der Waals surface area contributed by atoms with Gasteiger partial charge in [0.05, 0.1) is 11.4 Å². The van der Waals surface area contributed by atoms with Crippen molar-refractivity contribution in [3.63, 3.8) is 0 Å². The summed E-state index contributed by atoms with van der Waals surface area (Å²) in [6.45, 7) is 2.69. The van der Waals surface area contributed by atoms with Crippen LogP contribution in [0.3, 0.4) is 0 Å². The van der Waals surface area contributed by atoms with Crippen molar-refractivity contribution in [2.24, 2.45) is 0 Å². The van der Waals surface area contributed by atoms with Crippen LogP contribution in [0.1, 0.15) is 6.92 Å². The van der Waals surface area contributed by atoms with E-state index in [2.05, 4.69) is 0 Å². The number of hydrogen-bond donors (Lipinski definition) is 1. The smallest absolute Gasteiger partial charge is 0.415 e. The lowest BCUT2D eigenvalue weighted by molar-refractivity contribution is 0.119. The molecule has 1 N–H and O–H groups in total. The Kier molecular flexibility index (Phi) is 4.63. The number of thioether (sulfide) groups is 1. The third-order valence-corrected chi connectivity index (χ3v) is 7.28. The van der Waals surface area contributed by atoms with Gasteiger partial charge in [0.1, 0.15) is 35.6 Å². The van der Waals surface area contributed by atoms with Crippen molar-refractivity contribution in [1.29, 1.82) is 0 Å². The second kappa shape index (κ2) is 6.71. The Hall–Kier alpha value is -1.72. The van der Waals surface area contributed by atoms with Gasteiger partial charge in [-0.3, -0.25) is 9.45 Å². The van der Waals surface area contributed by atoms with E-state index in [1.807, 2.05) is 16.7 Å². The predicted octanol–water partition coefficient (Wildman–Crippen LogP) is 1.74. The van der Waals surface area contributed by atoms with Crippen LogP contribution >= 0.6 is 11.8 Å². The van der Waals surface area contributed by atoms with E-state index in [0.717, 1.165) is 24.6 Å². The lowest BCUT2D eigenvalue weighted by Crippen LogP contribution is -2.49. The van der Waals surface area contributed by atoms with Crippen LogP contribution in [0.4, 0.5) is 20.6 Å². The monoisotopic (exact) mass is 418 g/mol. The van der Waals surface area contributed by atoms with Crippen LogP contribution in [0.5, 0.6) is 5.75 Å². The summed E-state index contributed by atoms with van der Waals surface area (Å²) in [6, 6.07) is 2.03. The molecule has 3 heterocycles. The molecule has 2 fully saturated rings. The lowest BCUT2D eigenvalue weighted by Gasteiger charge is -2.34. The highest BCUT2D eigenvalue weighted by atomic mass is 32.2. The number of fused-ring (bicyclic) bond motifs is 3. The zero-order valence-electron chi connectivity index (χ0n) is 14.5. The molecule has 0 spiro atoms. The number of anilines is 2. The van der Waals surface area contributed by atoms with E-state index in [-0.39, 0.29) is 12.3 Å². The maximum atomic E-state index is 14.8. The molecule has 1 amide bonds. The van der Waals surface area contributed by atoms with E-state index in [4.69, 9.17) is 9.47 Å². The van der Waals surface area contributed by atoms with Crippen LogP contribution in [0, 0.1) is 5.82 Å². The summed E-state index contributed by atoms with van der Waals surface area (Å²) < 4.78 is 57.9. The molecule has 27 heavy (non-hydrogen) atoms. The summed E-state index contributed by atoms with van der Waals surface area (Å²) in [4.78, 5) is 15.5. The molecule has 1 aromatic carbocycles. The largest absolute Gasteiger partial charge is 0.489 e. The highest BCUT2D eigenvalue weighted by molar-refractivity contribution is 7.99. The first-order valence-corrected chi connectivity index (χ1v) is 11.2. The second-order valence-electron chi connectivity index (χ2n) is 6.69. The fourth-order valence-corrected chi connectivity index (χ4v) is 5.10. The van der Waals surface area contributed by atoms with Gasteiger partial charge >= 0.3 is 6.09 Å². The van der Waals surface area contributed by atoms with Gasteiger partial charge in [0.2, 0.25) is 0 Å². The van der Waals surface area contributed by atoms with Crippen molar-refractivity contribution >= 4 is 39.3 Å². The Morgan fingerprint density at radius 3 is 2.67 bits per heavy atom. The Balaban J connectivity index is 1.67. The van der Waals surface area contributed by atoms with Crippen LogP contribution in [-0.4, -0.2) is 67.7 Å². The number of hydrogen-bond acceptors (Lipinski definition) is 7. The average molecular weight is 418 g/mol. The number of carbonyl (C=O) groups excluding carboxylic acids is 1. The molecule has 0 saturated carbocycles. The van der Waals surface area contributed by atoms with Crippen molar-refractivity contribution in [2.75, 3.05) is 41.0 Å². The Morgan fingerprint density at radius 1 is 1.30 bits per heavy atom. The molecule has 11 heteroatoms. The predicted molar refractivity (Wildman–Crippen MR) is 99.0 cm³/mol. The van der Waals surface area contributed by atoms with Crippen LogP contribution in [0.2, 0.25) is 0 Å². The number of amides is 1. The van der Waals surface area contributed by atoms with Gasteiger partial charge in [0.25, 0.3) is 10.1 Å². The van der Waals surface area contributed by atoms with Gasteiger partial charge in [0, 0.05) is 36.7 Å². The Labute approximate surface area is 160 Å². The Morgan fingerprint density at radius 2 is 2.00 bits per heavy atom.